The van der Waals surface area contributed by atoms with Gasteiger partial charge >= 0.3 is 0 Å². The Morgan fingerprint density at radius 3 is 2.47 bits per heavy atom. The lowest BCUT2D eigenvalue weighted by molar-refractivity contribution is -0.199. The summed E-state index contributed by atoms with van der Waals surface area (Å²) in [5, 5.41) is 3.59. The van der Waals surface area contributed by atoms with Crippen molar-refractivity contribution in [3.05, 3.63) is 0 Å². The molecule has 2 nitrogen and oxygen atoms in total. The Bertz CT molecular complexity index is 237. The van der Waals surface area contributed by atoms with Crippen LogP contribution >= 0.6 is 0 Å². The number of hydrogen-bond acceptors (Lipinski definition) is 2. The first kappa shape index (κ1) is 11.4. The molecule has 0 aromatic heterocycles. The molecule has 1 saturated heterocycles. The van der Waals surface area contributed by atoms with Crippen LogP contribution in [-0.2, 0) is 4.74 Å². The summed E-state index contributed by atoms with van der Waals surface area (Å²) in [6, 6.07) is 0. The molecule has 2 unspecified atom stereocenters. The van der Waals surface area contributed by atoms with Gasteiger partial charge in [0.05, 0.1) is 11.2 Å². The predicted molar refractivity (Wildman–Crippen MR) is 62.9 cm³/mol. The minimum atomic E-state index is 0.0247. The Morgan fingerprint density at radius 1 is 1.33 bits per heavy atom. The summed E-state index contributed by atoms with van der Waals surface area (Å²) in [6.07, 6.45) is 3.88. The molecular weight excluding hydrogens is 186 g/mol. The third-order valence-corrected chi connectivity index (χ3v) is 4.48. The SMILES string of the molecule is CCC1(C2CC2)CNCC(C)(C(C)C)O1. The highest BCUT2D eigenvalue weighted by Gasteiger charge is 2.51. The molecular formula is C13H25NO. The van der Waals surface area contributed by atoms with E-state index in [4.69, 9.17) is 4.74 Å². The van der Waals surface area contributed by atoms with Crippen LogP contribution in [0.3, 0.4) is 0 Å². The minimum absolute atomic E-state index is 0.0247. The van der Waals surface area contributed by atoms with Crippen molar-refractivity contribution in [3.63, 3.8) is 0 Å². The summed E-state index contributed by atoms with van der Waals surface area (Å²) in [4.78, 5) is 0. The molecule has 2 rings (SSSR count). The summed E-state index contributed by atoms with van der Waals surface area (Å²) in [5.74, 6) is 1.39. The Hall–Kier alpha value is -0.0800. The Kier molecular flexibility index (Phi) is 2.85. The average Bonchev–Trinajstić information content (AvgIpc) is 3.01. The van der Waals surface area contributed by atoms with Crippen LogP contribution in [-0.4, -0.2) is 24.3 Å². The van der Waals surface area contributed by atoms with Crippen molar-refractivity contribution in [3.8, 4) is 0 Å². The van der Waals surface area contributed by atoms with Crippen molar-refractivity contribution in [2.45, 2.75) is 58.2 Å². The van der Waals surface area contributed by atoms with Gasteiger partial charge in [-0.3, -0.25) is 0 Å². The number of rotatable bonds is 3. The molecule has 0 amide bonds. The van der Waals surface area contributed by atoms with Crippen molar-refractivity contribution in [2.75, 3.05) is 13.1 Å². The van der Waals surface area contributed by atoms with Crippen molar-refractivity contribution >= 4 is 0 Å². The summed E-state index contributed by atoms with van der Waals surface area (Å²) in [7, 11) is 0. The van der Waals surface area contributed by atoms with Crippen molar-refractivity contribution in [2.24, 2.45) is 11.8 Å². The molecule has 1 heterocycles. The molecule has 0 spiro atoms. The van der Waals surface area contributed by atoms with E-state index in [9.17, 15) is 0 Å². The van der Waals surface area contributed by atoms with E-state index in [1.54, 1.807) is 0 Å². The summed E-state index contributed by atoms with van der Waals surface area (Å²) < 4.78 is 6.53. The first-order valence-electron chi connectivity index (χ1n) is 6.43. The summed E-state index contributed by atoms with van der Waals surface area (Å²) >= 11 is 0. The van der Waals surface area contributed by atoms with Gasteiger partial charge < -0.3 is 10.1 Å². The first-order chi connectivity index (χ1) is 7.02. The van der Waals surface area contributed by atoms with Gasteiger partial charge in [0.25, 0.3) is 0 Å². The van der Waals surface area contributed by atoms with Crippen molar-refractivity contribution in [1.29, 1.82) is 0 Å². The molecule has 2 fully saturated rings. The molecule has 1 N–H and O–H groups in total. The van der Waals surface area contributed by atoms with Crippen LogP contribution in [0.5, 0.6) is 0 Å². The van der Waals surface area contributed by atoms with Gasteiger partial charge in [-0.1, -0.05) is 20.8 Å². The van der Waals surface area contributed by atoms with Crippen LogP contribution in [0.15, 0.2) is 0 Å². The van der Waals surface area contributed by atoms with Gasteiger partial charge in [-0.2, -0.15) is 0 Å². The maximum absolute atomic E-state index is 6.53. The zero-order valence-corrected chi connectivity index (χ0v) is 10.6. The van der Waals surface area contributed by atoms with Gasteiger partial charge in [0, 0.05) is 13.1 Å². The lowest BCUT2D eigenvalue weighted by Crippen LogP contribution is -2.62. The number of ether oxygens (including phenoxy) is 1. The lowest BCUT2D eigenvalue weighted by atomic mass is 9.84. The van der Waals surface area contributed by atoms with E-state index in [0.717, 1.165) is 25.4 Å². The van der Waals surface area contributed by atoms with Gasteiger partial charge in [0.15, 0.2) is 0 Å². The van der Waals surface area contributed by atoms with Crippen LogP contribution in [0.2, 0.25) is 0 Å². The van der Waals surface area contributed by atoms with Crippen LogP contribution in [0.25, 0.3) is 0 Å². The Balaban J connectivity index is 2.14. The van der Waals surface area contributed by atoms with Gasteiger partial charge in [-0.15, -0.1) is 0 Å². The van der Waals surface area contributed by atoms with E-state index in [1.807, 2.05) is 0 Å². The molecule has 0 radical (unpaired) electrons. The van der Waals surface area contributed by atoms with Crippen LogP contribution in [0.4, 0.5) is 0 Å². The highest BCUT2D eigenvalue weighted by atomic mass is 16.5. The number of morpholine rings is 1. The van der Waals surface area contributed by atoms with Gasteiger partial charge in [0.2, 0.25) is 0 Å². The third-order valence-electron chi connectivity index (χ3n) is 4.48. The molecule has 2 aliphatic rings. The van der Waals surface area contributed by atoms with E-state index < -0.39 is 0 Å². The van der Waals surface area contributed by atoms with Gasteiger partial charge in [-0.05, 0) is 38.0 Å². The molecule has 88 valence electrons. The second kappa shape index (κ2) is 3.74. The second-order valence-corrected chi connectivity index (χ2v) is 5.87. The predicted octanol–water partition coefficient (Wildman–Crippen LogP) is 2.58. The minimum Gasteiger partial charge on any atom is -0.366 e. The van der Waals surface area contributed by atoms with Crippen molar-refractivity contribution < 1.29 is 4.74 Å². The quantitative estimate of drug-likeness (QED) is 0.774. The molecule has 1 aliphatic heterocycles. The molecule has 2 atom stereocenters. The van der Waals surface area contributed by atoms with E-state index in [0.29, 0.717) is 5.92 Å². The maximum Gasteiger partial charge on any atom is 0.0839 e. The molecule has 0 aromatic rings. The summed E-state index contributed by atoms with van der Waals surface area (Å²) in [6.45, 7) is 11.1. The smallest absolute Gasteiger partial charge is 0.0839 e. The lowest BCUT2D eigenvalue weighted by Gasteiger charge is -2.49. The zero-order valence-electron chi connectivity index (χ0n) is 10.6. The average molecular weight is 211 g/mol. The van der Waals surface area contributed by atoms with Crippen LogP contribution in [0.1, 0.15) is 47.0 Å². The highest BCUT2D eigenvalue weighted by molar-refractivity contribution is 5.03. The van der Waals surface area contributed by atoms with Crippen LogP contribution in [0, 0.1) is 11.8 Å². The molecule has 1 aliphatic carbocycles. The summed E-state index contributed by atoms with van der Waals surface area (Å²) in [5.41, 5.74) is 0.161. The standard InChI is InChI=1S/C13H25NO/c1-5-13(11-6-7-11)9-14-8-12(4,15-13)10(2)3/h10-11,14H,5-9H2,1-4H3. The largest absolute Gasteiger partial charge is 0.366 e. The fourth-order valence-corrected chi connectivity index (χ4v) is 2.70. The normalized spacial score (nSPS) is 42.2. The van der Waals surface area contributed by atoms with E-state index in [-0.39, 0.29) is 11.2 Å². The fraction of sp³-hybridized carbons (Fsp3) is 1.00. The van der Waals surface area contributed by atoms with E-state index >= 15 is 0 Å². The monoisotopic (exact) mass is 211 g/mol. The number of nitrogens with one attached hydrogen (secondary N) is 1. The second-order valence-electron chi connectivity index (χ2n) is 5.87. The third kappa shape index (κ3) is 1.94. The topological polar surface area (TPSA) is 21.3 Å². The Morgan fingerprint density at radius 2 is 2.00 bits per heavy atom. The van der Waals surface area contributed by atoms with Crippen LogP contribution < -0.4 is 5.32 Å². The van der Waals surface area contributed by atoms with E-state index in [2.05, 4.69) is 33.0 Å². The van der Waals surface area contributed by atoms with Gasteiger partial charge in [0.1, 0.15) is 0 Å². The molecule has 1 saturated carbocycles. The molecule has 15 heavy (non-hydrogen) atoms. The molecule has 0 bridgehead atoms. The number of hydrogen-bond donors (Lipinski definition) is 1. The fourth-order valence-electron chi connectivity index (χ4n) is 2.70. The first-order valence-corrected chi connectivity index (χ1v) is 6.43. The molecule has 2 heteroatoms. The van der Waals surface area contributed by atoms with Gasteiger partial charge in [-0.25, -0.2) is 0 Å². The highest BCUT2D eigenvalue weighted by Crippen LogP contribution is 2.47. The maximum atomic E-state index is 6.53. The van der Waals surface area contributed by atoms with Crippen molar-refractivity contribution in [1.82, 2.24) is 5.32 Å². The van der Waals surface area contributed by atoms with E-state index in [1.165, 1.54) is 12.8 Å². The molecule has 0 aromatic carbocycles. The zero-order chi connectivity index (χ0) is 11.1. The Labute approximate surface area is 93.8 Å².